The number of fused-ring (bicyclic) bond motifs is 1. The van der Waals surface area contributed by atoms with Gasteiger partial charge in [0.2, 0.25) is 15.9 Å². The van der Waals surface area contributed by atoms with Crippen molar-refractivity contribution in [2.24, 2.45) is 0 Å². The number of aromatic nitrogens is 3. The van der Waals surface area contributed by atoms with E-state index in [0.29, 0.717) is 35.6 Å². The number of pyridine rings is 1. The third-order valence-electron chi connectivity index (χ3n) is 5.28. The molecule has 4 heterocycles. The Morgan fingerprint density at radius 1 is 1.27 bits per heavy atom. The Hall–Kier alpha value is -2.37. The first-order chi connectivity index (χ1) is 14.4. The van der Waals surface area contributed by atoms with Crippen LogP contribution >= 0.6 is 11.8 Å². The lowest BCUT2D eigenvalue weighted by molar-refractivity contribution is -0.129. The molecule has 3 aromatic rings. The van der Waals surface area contributed by atoms with Crippen molar-refractivity contribution >= 4 is 38.7 Å². The Kier molecular flexibility index (Phi) is 5.85. The molecule has 160 valence electrons. The van der Waals surface area contributed by atoms with Crippen molar-refractivity contribution in [3.63, 3.8) is 0 Å². The predicted octanol–water partition coefficient (Wildman–Crippen LogP) is 1.93. The fourth-order valence-corrected chi connectivity index (χ4v) is 6.15. The van der Waals surface area contributed by atoms with E-state index < -0.39 is 10.0 Å². The van der Waals surface area contributed by atoms with Crippen LogP contribution in [0, 0.1) is 13.8 Å². The molecular formula is C19H23N5O4S2. The fourth-order valence-electron chi connectivity index (χ4n) is 3.50. The molecule has 9 nitrogen and oxygen atoms in total. The number of carbonyl (C=O) groups excluding carboxylic acids is 1. The number of carbonyl (C=O) groups is 1. The van der Waals surface area contributed by atoms with Gasteiger partial charge in [-0.25, -0.2) is 13.4 Å². The van der Waals surface area contributed by atoms with Crippen LogP contribution in [-0.2, 0) is 20.6 Å². The fraction of sp³-hybridized carbons (Fsp3) is 0.421. The number of aromatic amines is 1. The highest BCUT2D eigenvalue weighted by molar-refractivity contribution is 7.99. The van der Waals surface area contributed by atoms with Crippen LogP contribution in [0.2, 0.25) is 0 Å². The SMILES string of the molecule is Cc1noc(C)c1CSCC(=O)N1CCN(S(=O)(=O)c2c[nH]c3ncccc23)CC1. The molecule has 0 radical (unpaired) electrons. The van der Waals surface area contributed by atoms with Gasteiger partial charge in [0.1, 0.15) is 16.3 Å². The molecule has 0 spiro atoms. The van der Waals surface area contributed by atoms with Gasteiger partial charge in [-0.05, 0) is 26.0 Å². The van der Waals surface area contributed by atoms with Crippen LogP contribution in [0.3, 0.4) is 0 Å². The van der Waals surface area contributed by atoms with Gasteiger partial charge < -0.3 is 14.4 Å². The molecule has 0 saturated carbocycles. The van der Waals surface area contributed by atoms with Crippen LogP contribution in [0.1, 0.15) is 17.0 Å². The Bertz CT molecular complexity index is 1140. The molecule has 30 heavy (non-hydrogen) atoms. The minimum Gasteiger partial charge on any atom is -0.361 e. The second-order valence-corrected chi connectivity index (χ2v) is 10.0. The van der Waals surface area contributed by atoms with E-state index in [0.717, 1.165) is 17.0 Å². The summed E-state index contributed by atoms with van der Waals surface area (Å²) in [6.07, 6.45) is 3.10. The summed E-state index contributed by atoms with van der Waals surface area (Å²) < 4.78 is 32.7. The molecule has 0 unspecified atom stereocenters. The zero-order valence-corrected chi connectivity index (χ0v) is 18.4. The van der Waals surface area contributed by atoms with Gasteiger partial charge in [-0.3, -0.25) is 4.79 Å². The molecule has 11 heteroatoms. The Morgan fingerprint density at radius 3 is 2.73 bits per heavy atom. The lowest BCUT2D eigenvalue weighted by Gasteiger charge is -2.33. The van der Waals surface area contributed by atoms with Crippen molar-refractivity contribution in [2.45, 2.75) is 24.5 Å². The molecule has 1 N–H and O–H groups in total. The van der Waals surface area contributed by atoms with E-state index in [2.05, 4.69) is 15.1 Å². The first-order valence-corrected chi connectivity index (χ1v) is 12.2. The number of hydrogen-bond donors (Lipinski definition) is 1. The molecule has 3 aromatic heterocycles. The molecular weight excluding hydrogens is 426 g/mol. The van der Waals surface area contributed by atoms with E-state index in [1.807, 2.05) is 13.8 Å². The van der Waals surface area contributed by atoms with Crippen LogP contribution in [0.5, 0.6) is 0 Å². The number of H-pyrrole nitrogens is 1. The van der Waals surface area contributed by atoms with Crippen molar-refractivity contribution in [1.82, 2.24) is 24.3 Å². The Balaban J connectivity index is 1.33. The van der Waals surface area contributed by atoms with E-state index in [1.54, 1.807) is 23.2 Å². The number of amides is 1. The van der Waals surface area contributed by atoms with E-state index in [-0.39, 0.29) is 23.9 Å². The number of sulfonamides is 1. The topological polar surface area (TPSA) is 112 Å². The van der Waals surface area contributed by atoms with Crippen molar-refractivity contribution in [2.75, 3.05) is 31.9 Å². The third kappa shape index (κ3) is 3.96. The summed E-state index contributed by atoms with van der Waals surface area (Å²) >= 11 is 1.51. The zero-order chi connectivity index (χ0) is 21.3. The lowest BCUT2D eigenvalue weighted by Crippen LogP contribution is -2.50. The normalized spacial score (nSPS) is 15.7. The van der Waals surface area contributed by atoms with Gasteiger partial charge in [-0.2, -0.15) is 4.31 Å². The summed E-state index contributed by atoms with van der Waals surface area (Å²) in [5.74, 6) is 1.79. The zero-order valence-electron chi connectivity index (χ0n) is 16.8. The van der Waals surface area contributed by atoms with Gasteiger partial charge in [0.05, 0.1) is 11.4 Å². The van der Waals surface area contributed by atoms with Crippen molar-refractivity contribution in [1.29, 1.82) is 0 Å². The van der Waals surface area contributed by atoms with E-state index in [1.165, 1.54) is 22.3 Å². The maximum absolute atomic E-state index is 13.1. The number of thioether (sulfide) groups is 1. The number of rotatable bonds is 6. The van der Waals surface area contributed by atoms with Gasteiger partial charge in [0, 0.05) is 55.3 Å². The number of nitrogens with zero attached hydrogens (tertiary/aromatic N) is 4. The third-order valence-corrected chi connectivity index (χ3v) is 8.16. The Labute approximate surface area is 178 Å². The largest absolute Gasteiger partial charge is 0.361 e. The first-order valence-electron chi connectivity index (χ1n) is 9.57. The predicted molar refractivity (Wildman–Crippen MR) is 114 cm³/mol. The lowest BCUT2D eigenvalue weighted by atomic mass is 10.2. The second kappa shape index (κ2) is 8.40. The highest BCUT2D eigenvalue weighted by Gasteiger charge is 2.31. The molecule has 1 amide bonds. The van der Waals surface area contributed by atoms with Crippen LogP contribution in [0.4, 0.5) is 0 Å². The van der Waals surface area contributed by atoms with E-state index in [9.17, 15) is 13.2 Å². The van der Waals surface area contributed by atoms with E-state index >= 15 is 0 Å². The average molecular weight is 450 g/mol. The van der Waals surface area contributed by atoms with Crippen molar-refractivity contribution in [3.05, 3.63) is 41.5 Å². The maximum atomic E-state index is 13.1. The molecule has 1 fully saturated rings. The van der Waals surface area contributed by atoms with Crippen LogP contribution in [0.15, 0.2) is 33.9 Å². The van der Waals surface area contributed by atoms with Gasteiger partial charge in [-0.1, -0.05) is 5.16 Å². The molecule has 0 bridgehead atoms. The molecule has 1 saturated heterocycles. The van der Waals surface area contributed by atoms with Gasteiger partial charge in [0.15, 0.2) is 0 Å². The van der Waals surface area contributed by atoms with Crippen LogP contribution < -0.4 is 0 Å². The summed E-state index contributed by atoms with van der Waals surface area (Å²) in [5.41, 5.74) is 2.41. The van der Waals surface area contributed by atoms with Gasteiger partial charge >= 0.3 is 0 Å². The van der Waals surface area contributed by atoms with Crippen molar-refractivity contribution < 1.29 is 17.7 Å². The number of aryl methyl sites for hydroxylation is 2. The van der Waals surface area contributed by atoms with Crippen LogP contribution in [-0.4, -0.2) is 70.6 Å². The minimum atomic E-state index is -3.65. The second-order valence-electron chi connectivity index (χ2n) is 7.13. The standard InChI is InChI=1S/C19H23N5O4S2/c1-13-16(14(2)28-22-13)11-29-12-18(25)23-6-8-24(9-7-23)30(26,27)17-10-21-19-15(17)4-3-5-20-19/h3-5,10H,6-9,11-12H2,1-2H3,(H,20,21). The summed E-state index contributed by atoms with van der Waals surface area (Å²) in [6.45, 7) is 5.05. The Morgan fingerprint density at radius 2 is 2.03 bits per heavy atom. The van der Waals surface area contributed by atoms with Crippen LogP contribution in [0.25, 0.3) is 11.0 Å². The van der Waals surface area contributed by atoms with Gasteiger partial charge in [-0.15, -0.1) is 11.8 Å². The summed E-state index contributed by atoms with van der Waals surface area (Å²) in [6, 6.07) is 3.45. The first kappa shape index (κ1) is 20.9. The van der Waals surface area contributed by atoms with Gasteiger partial charge in [0.25, 0.3) is 0 Å². The summed E-state index contributed by atoms with van der Waals surface area (Å²) in [4.78, 5) is 21.5. The maximum Gasteiger partial charge on any atom is 0.245 e. The average Bonchev–Trinajstić information content (AvgIpc) is 3.32. The smallest absolute Gasteiger partial charge is 0.245 e. The monoisotopic (exact) mass is 449 g/mol. The molecule has 1 aliphatic heterocycles. The highest BCUT2D eigenvalue weighted by Crippen LogP contribution is 2.25. The summed E-state index contributed by atoms with van der Waals surface area (Å²) in [7, 11) is -3.65. The molecule has 0 aromatic carbocycles. The molecule has 1 aliphatic rings. The highest BCUT2D eigenvalue weighted by atomic mass is 32.2. The van der Waals surface area contributed by atoms with Crippen molar-refractivity contribution in [3.8, 4) is 0 Å². The summed E-state index contributed by atoms with van der Waals surface area (Å²) in [5, 5.41) is 4.50. The molecule has 0 atom stereocenters. The minimum absolute atomic E-state index is 0.0140. The number of piperazine rings is 1. The number of nitrogens with one attached hydrogen (secondary N) is 1. The molecule has 0 aliphatic carbocycles. The van der Waals surface area contributed by atoms with E-state index in [4.69, 9.17) is 4.52 Å². The quantitative estimate of drug-likeness (QED) is 0.612. The number of hydrogen-bond acceptors (Lipinski definition) is 7. The molecule has 4 rings (SSSR count).